The van der Waals surface area contributed by atoms with Crippen LogP contribution in [0.15, 0.2) is 59.9 Å². The SMILES string of the molecule is CN1CC(C)(c2ccc(C(F)(F)F)cc2)C(O)=C(C(=S)Nc2ccc(F)cc2)C1=O. The second-order valence-corrected chi connectivity index (χ2v) is 7.66. The first kappa shape index (κ1) is 21.8. The molecule has 1 aliphatic rings. The summed E-state index contributed by atoms with van der Waals surface area (Å²) >= 11 is 5.30. The Morgan fingerprint density at radius 3 is 2.23 bits per heavy atom. The molecule has 0 bridgehead atoms. The number of alkyl halides is 3. The topological polar surface area (TPSA) is 52.6 Å². The van der Waals surface area contributed by atoms with Gasteiger partial charge in [0.2, 0.25) is 0 Å². The van der Waals surface area contributed by atoms with Crippen LogP contribution in [-0.2, 0) is 16.4 Å². The molecule has 1 unspecified atom stereocenters. The number of aliphatic hydroxyl groups is 1. The summed E-state index contributed by atoms with van der Waals surface area (Å²) in [5.74, 6) is -1.32. The van der Waals surface area contributed by atoms with Gasteiger partial charge < -0.3 is 15.3 Å². The van der Waals surface area contributed by atoms with Gasteiger partial charge in [0, 0.05) is 19.3 Å². The maximum absolute atomic E-state index is 13.1. The molecule has 0 saturated heterocycles. The summed E-state index contributed by atoms with van der Waals surface area (Å²) in [6.45, 7) is 1.67. The molecule has 1 heterocycles. The third-order valence-corrected chi connectivity index (χ3v) is 5.36. The van der Waals surface area contributed by atoms with Crippen LogP contribution in [0.25, 0.3) is 0 Å². The lowest BCUT2D eigenvalue weighted by Gasteiger charge is -2.39. The lowest BCUT2D eigenvalue weighted by molar-refractivity contribution is -0.137. The van der Waals surface area contributed by atoms with Gasteiger partial charge in [-0.15, -0.1) is 0 Å². The second kappa shape index (κ2) is 7.71. The van der Waals surface area contributed by atoms with Crippen LogP contribution in [0, 0.1) is 5.82 Å². The molecular weight excluding hydrogens is 420 g/mol. The highest BCUT2D eigenvalue weighted by atomic mass is 32.1. The first-order valence-electron chi connectivity index (χ1n) is 8.87. The molecule has 4 nitrogen and oxygen atoms in total. The van der Waals surface area contributed by atoms with E-state index in [0.717, 1.165) is 12.1 Å². The predicted molar refractivity (Wildman–Crippen MR) is 109 cm³/mol. The Bertz CT molecular complexity index is 1020. The lowest BCUT2D eigenvalue weighted by atomic mass is 9.76. The standard InChI is InChI=1S/C21H18F4N2O2S/c1-20(12-3-5-13(6-4-12)21(23,24)25)11-27(2)19(29)16(17(20)28)18(30)26-15-9-7-14(22)8-10-15/h3-10,28H,11H2,1-2H3,(H,26,30). The molecule has 1 amide bonds. The third kappa shape index (κ3) is 4.02. The van der Waals surface area contributed by atoms with Crippen molar-refractivity contribution in [2.24, 2.45) is 0 Å². The summed E-state index contributed by atoms with van der Waals surface area (Å²) in [7, 11) is 1.51. The van der Waals surface area contributed by atoms with Crippen molar-refractivity contribution in [1.82, 2.24) is 4.90 Å². The smallest absolute Gasteiger partial charge is 0.416 e. The lowest BCUT2D eigenvalue weighted by Crippen LogP contribution is -2.49. The fourth-order valence-corrected chi connectivity index (χ4v) is 3.68. The van der Waals surface area contributed by atoms with Gasteiger partial charge in [-0.05, 0) is 48.9 Å². The van der Waals surface area contributed by atoms with E-state index >= 15 is 0 Å². The van der Waals surface area contributed by atoms with Crippen molar-refractivity contribution in [2.75, 3.05) is 18.9 Å². The molecule has 1 atom stereocenters. The largest absolute Gasteiger partial charge is 0.510 e. The Kier molecular flexibility index (Phi) is 5.60. The number of hydrogen-bond acceptors (Lipinski definition) is 3. The summed E-state index contributed by atoms with van der Waals surface area (Å²) in [6.07, 6.45) is -4.48. The van der Waals surface area contributed by atoms with E-state index in [9.17, 15) is 27.5 Å². The Labute approximate surface area is 175 Å². The van der Waals surface area contributed by atoms with E-state index in [2.05, 4.69) is 5.32 Å². The van der Waals surface area contributed by atoms with Gasteiger partial charge in [0.05, 0.1) is 11.0 Å². The molecule has 1 aliphatic heterocycles. The molecule has 0 fully saturated rings. The zero-order valence-electron chi connectivity index (χ0n) is 16.0. The van der Waals surface area contributed by atoms with E-state index in [1.807, 2.05) is 0 Å². The molecule has 2 N–H and O–H groups in total. The number of anilines is 1. The van der Waals surface area contributed by atoms with Crippen LogP contribution in [-0.4, -0.2) is 34.5 Å². The average Bonchev–Trinajstić information content (AvgIpc) is 2.68. The minimum atomic E-state index is -4.48. The number of likely N-dealkylation sites (N-methyl/N-ethyl adjacent to an activating group) is 1. The van der Waals surface area contributed by atoms with E-state index in [-0.39, 0.29) is 22.9 Å². The maximum Gasteiger partial charge on any atom is 0.416 e. The Morgan fingerprint density at radius 1 is 1.13 bits per heavy atom. The van der Waals surface area contributed by atoms with Crippen molar-refractivity contribution in [1.29, 1.82) is 0 Å². The molecule has 158 valence electrons. The number of rotatable bonds is 3. The van der Waals surface area contributed by atoms with E-state index < -0.39 is 28.9 Å². The van der Waals surface area contributed by atoms with Crippen molar-refractivity contribution >= 4 is 28.8 Å². The fraction of sp³-hybridized carbons (Fsp3) is 0.238. The second-order valence-electron chi connectivity index (χ2n) is 7.25. The van der Waals surface area contributed by atoms with Gasteiger partial charge >= 0.3 is 6.18 Å². The molecule has 2 aromatic rings. The monoisotopic (exact) mass is 438 g/mol. The number of nitrogens with one attached hydrogen (secondary N) is 1. The van der Waals surface area contributed by atoms with Gasteiger partial charge in [0.25, 0.3) is 5.91 Å². The van der Waals surface area contributed by atoms with Gasteiger partial charge in [-0.2, -0.15) is 13.2 Å². The predicted octanol–water partition coefficient (Wildman–Crippen LogP) is 4.83. The molecule has 2 aromatic carbocycles. The van der Waals surface area contributed by atoms with Crippen LogP contribution in [0.2, 0.25) is 0 Å². The van der Waals surface area contributed by atoms with Gasteiger partial charge in [-0.3, -0.25) is 4.79 Å². The summed E-state index contributed by atoms with van der Waals surface area (Å²) < 4.78 is 51.8. The van der Waals surface area contributed by atoms with Crippen molar-refractivity contribution < 1.29 is 27.5 Å². The third-order valence-electron chi connectivity index (χ3n) is 5.05. The number of benzene rings is 2. The quantitative estimate of drug-likeness (QED) is 0.533. The van der Waals surface area contributed by atoms with Gasteiger partial charge in [0.15, 0.2) is 0 Å². The number of hydrogen-bond donors (Lipinski definition) is 2. The van der Waals surface area contributed by atoms with Crippen LogP contribution in [0.1, 0.15) is 18.1 Å². The highest BCUT2D eigenvalue weighted by Crippen LogP contribution is 2.39. The van der Waals surface area contributed by atoms with Crippen molar-refractivity contribution in [3.8, 4) is 0 Å². The molecule has 0 aromatic heterocycles. The minimum absolute atomic E-state index is 0.0473. The number of thiocarbonyl (C=S) groups is 1. The summed E-state index contributed by atoms with van der Waals surface area (Å²) in [5.41, 5.74) is -1.33. The van der Waals surface area contributed by atoms with Crippen LogP contribution in [0.3, 0.4) is 0 Å². The zero-order valence-corrected chi connectivity index (χ0v) is 16.9. The molecule has 9 heteroatoms. The van der Waals surface area contributed by atoms with Crippen LogP contribution in [0.4, 0.5) is 23.2 Å². The Hall–Kier alpha value is -2.94. The molecule has 0 aliphatic carbocycles. The van der Waals surface area contributed by atoms with Crippen molar-refractivity contribution in [2.45, 2.75) is 18.5 Å². The molecule has 3 rings (SSSR count). The highest BCUT2D eigenvalue weighted by molar-refractivity contribution is 7.81. The molecule has 0 spiro atoms. The molecule has 0 saturated carbocycles. The zero-order chi connectivity index (χ0) is 22.3. The summed E-state index contributed by atoms with van der Waals surface area (Å²) in [4.78, 5) is 14.0. The first-order valence-corrected chi connectivity index (χ1v) is 9.28. The van der Waals surface area contributed by atoms with E-state index in [1.54, 1.807) is 6.92 Å². The van der Waals surface area contributed by atoms with Crippen LogP contribution >= 0.6 is 12.2 Å². The summed E-state index contributed by atoms with van der Waals surface area (Å²) in [5, 5.41) is 13.8. The van der Waals surface area contributed by atoms with Crippen LogP contribution in [0.5, 0.6) is 0 Å². The Morgan fingerprint density at radius 2 is 1.70 bits per heavy atom. The number of nitrogens with zero attached hydrogens (tertiary/aromatic N) is 1. The van der Waals surface area contributed by atoms with E-state index in [0.29, 0.717) is 11.3 Å². The van der Waals surface area contributed by atoms with E-state index in [4.69, 9.17) is 12.2 Å². The molecule has 0 radical (unpaired) electrons. The number of carbonyl (C=O) groups excluding carboxylic acids is 1. The summed E-state index contributed by atoms with van der Waals surface area (Å²) in [6, 6.07) is 9.67. The van der Waals surface area contributed by atoms with Crippen molar-refractivity contribution in [3.63, 3.8) is 0 Å². The van der Waals surface area contributed by atoms with Crippen LogP contribution < -0.4 is 5.32 Å². The van der Waals surface area contributed by atoms with Gasteiger partial charge in [-0.1, -0.05) is 24.4 Å². The Balaban J connectivity index is 2.00. The molecule has 30 heavy (non-hydrogen) atoms. The maximum atomic E-state index is 13.1. The number of amides is 1. The fourth-order valence-electron chi connectivity index (χ4n) is 3.38. The van der Waals surface area contributed by atoms with Gasteiger partial charge in [0.1, 0.15) is 22.1 Å². The number of carbonyl (C=O) groups is 1. The van der Waals surface area contributed by atoms with Gasteiger partial charge in [-0.25, -0.2) is 4.39 Å². The minimum Gasteiger partial charge on any atom is -0.510 e. The highest BCUT2D eigenvalue weighted by Gasteiger charge is 2.44. The number of aliphatic hydroxyl groups excluding tert-OH is 1. The normalized spacial score (nSPS) is 19.8. The first-order chi connectivity index (χ1) is 13.9. The average molecular weight is 438 g/mol. The molecular formula is C21H18F4N2O2S. The van der Waals surface area contributed by atoms with Crippen molar-refractivity contribution in [3.05, 3.63) is 76.8 Å². The van der Waals surface area contributed by atoms with E-state index in [1.165, 1.54) is 48.3 Å². The number of halogens is 4.